The van der Waals surface area contributed by atoms with Crippen LogP contribution in [0.3, 0.4) is 0 Å². The first-order valence-electron chi connectivity index (χ1n) is 15.0. The van der Waals surface area contributed by atoms with Crippen molar-refractivity contribution in [2.75, 3.05) is 18.1 Å². The summed E-state index contributed by atoms with van der Waals surface area (Å²) in [5.41, 5.74) is 5.08. The van der Waals surface area contributed by atoms with Crippen LogP contribution in [0.25, 0.3) is 11.4 Å². The van der Waals surface area contributed by atoms with Crippen molar-refractivity contribution in [3.8, 4) is 11.5 Å². The number of imidazole rings is 1. The van der Waals surface area contributed by atoms with E-state index in [9.17, 15) is 14.7 Å². The lowest BCUT2D eigenvalue weighted by molar-refractivity contribution is -0.132. The summed E-state index contributed by atoms with van der Waals surface area (Å²) in [5.74, 6) is -0.499. The fourth-order valence-corrected chi connectivity index (χ4v) is 7.26. The molecule has 2 aromatic carbocycles. The quantitative estimate of drug-likeness (QED) is 0.0397. The second-order valence-corrected chi connectivity index (χ2v) is 13.1. The minimum Gasteiger partial charge on any atom is -0.505 e. The average molecular weight is 668 g/mol. The lowest BCUT2D eigenvalue weighted by Crippen LogP contribution is -2.29. The van der Waals surface area contributed by atoms with Crippen molar-refractivity contribution in [2.45, 2.75) is 43.8 Å². The van der Waals surface area contributed by atoms with Crippen molar-refractivity contribution in [3.05, 3.63) is 113 Å². The Balaban J connectivity index is 1.47. The number of carbonyl (C=O) groups excluding carboxylic acids is 2. The van der Waals surface area contributed by atoms with Crippen LogP contribution in [-0.4, -0.2) is 49.6 Å². The van der Waals surface area contributed by atoms with E-state index in [1.54, 1.807) is 31.2 Å². The van der Waals surface area contributed by atoms with E-state index in [1.165, 1.54) is 33.6 Å². The third-order valence-electron chi connectivity index (χ3n) is 7.78. The van der Waals surface area contributed by atoms with Crippen LogP contribution in [0, 0.1) is 20.8 Å². The number of fused-ring (bicyclic) bond motifs is 1. The molecule has 1 saturated heterocycles. The molecular formula is C35H33N5O5S2. The van der Waals surface area contributed by atoms with Gasteiger partial charge in [-0.15, -0.1) is 10.2 Å². The summed E-state index contributed by atoms with van der Waals surface area (Å²) < 4.78 is 14.2. The van der Waals surface area contributed by atoms with E-state index in [4.69, 9.17) is 9.47 Å². The minimum absolute atomic E-state index is 0.106. The van der Waals surface area contributed by atoms with Crippen LogP contribution >= 0.6 is 23.1 Å². The predicted octanol–water partition coefficient (Wildman–Crippen LogP) is 6.99. The van der Waals surface area contributed by atoms with Crippen molar-refractivity contribution in [2.24, 2.45) is 0 Å². The lowest BCUT2D eigenvalue weighted by Gasteiger charge is -2.23. The second-order valence-electron chi connectivity index (χ2n) is 11.0. The number of hydrogen-bond donors (Lipinski definition) is 1. The Hall–Kier alpha value is -4.94. The molecule has 1 atom stereocenters. The van der Waals surface area contributed by atoms with E-state index in [0.29, 0.717) is 45.1 Å². The number of anilines is 1. The molecule has 0 bridgehead atoms. The first-order chi connectivity index (χ1) is 22.7. The Morgan fingerprint density at radius 1 is 1.06 bits per heavy atom. The van der Waals surface area contributed by atoms with Crippen LogP contribution in [0.15, 0.2) is 83.4 Å². The van der Waals surface area contributed by atoms with Crippen molar-refractivity contribution in [1.29, 1.82) is 0 Å². The smallest absolute Gasteiger partial charge is 0.301 e. The molecule has 6 rings (SSSR count). The summed E-state index contributed by atoms with van der Waals surface area (Å²) in [5, 5.41) is 20.8. The van der Waals surface area contributed by atoms with Gasteiger partial charge in [0.2, 0.25) is 5.13 Å². The van der Waals surface area contributed by atoms with Crippen molar-refractivity contribution < 1.29 is 24.2 Å². The zero-order chi connectivity index (χ0) is 33.2. The molecule has 1 fully saturated rings. The summed E-state index contributed by atoms with van der Waals surface area (Å²) in [4.78, 5) is 33.7. The van der Waals surface area contributed by atoms with Gasteiger partial charge < -0.3 is 19.0 Å². The van der Waals surface area contributed by atoms with E-state index >= 15 is 0 Å². The highest BCUT2D eigenvalue weighted by Gasteiger charge is 2.49. The molecule has 4 heterocycles. The van der Waals surface area contributed by atoms with Crippen LogP contribution in [0.1, 0.15) is 46.6 Å². The number of aromatic nitrogens is 4. The van der Waals surface area contributed by atoms with Gasteiger partial charge in [0.1, 0.15) is 17.9 Å². The van der Waals surface area contributed by atoms with Gasteiger partial charge in [0.15, 0.2) is 21.6 Å². The molecular weight excluding hydrogens is 635 g/mol. The third-order valence-corrected chi connectivity index (χ3v) is 9.90. The number of aliphatic hydroxyl groups excluding tert-OH is 1. The molecule has 240 valence electrons. The van der Waals surface area contributed by atoms with Crippen molar-refractivity contribution in [1.82, 2.24) is 19.6 Å². The maximum absolute atomic E-state index is 13.9. The van der Waals surface area contributed by atoms with Gasteiger partial charge in [-0.3, -0.25) is 14.5 Å². The van der Waals surface area contributed by atoms with Gasteiger partial charge in [0.25, 0.3) is 5.78 Å². The minimum atomic E-state index is -1.05. The zero-order valence-corrected chi connectivity index (χ0v) is 28.0. The number of carbonyl (C=O) groups is 2. The zero-order valence-electron chi connectivity index (χ0n) is 26.4. The van der Waals surface area contributed by atoms with Gasteiger partial charge in [0, 0.05) is 11.9 Å². The number of ketones is 1. The van der Waals surface area contributed by atoms with Crippen molar-refractivity contribution in [3.63, 3.8) is 0 Å². The van der Waals surface area contributed by atoms with E-state index in [2.05, 4.69) is 46.0 Å². The molecule has 1 amide bonds. The summed E-state index contributed by atoms with van der Waals surface area (Å²) >= 11 is 2.70. The second kappa shape index (κ2) is 13.4. The standard InChI is InChI=1S/C35H33N5O5S2/c1-6-17-45-25-15-14-24(18-26(25)44-7-2)29-27(30(41)28-22(5)39-16-8-9-21(4)32(39)36-28)31(42)33(43)40(29)34-37-38-35(47-34)46-19-23-12-10-20(3)11-13-23/h6,8-16,18,29,41H,1,7,17,19H2,2-5H3. The number of aryl methyl sites for hydroxylation is 3. The van der Waals surface area contributed by atoms with Crippen LogP contribution in [-0.2, 0) is 15.3 Å². The molecule has 1 aliphatic rings. The highest BCUT2D eigenvalue weighted by molar-refractivity contribution is 8.00. The molecule has 47 heavy (non-hydrogen) atoms. The molecule has 12 heteroatoms. The Morgan fingerprint density at radius 3 is 2.57 bits per heavy atom. The molecule has 10 nitrogen and oxygen atoms in total. The van der Waals surface area contributed by atoms with Crippen LogP contribution in [0.5, 0.6) is 11.5 Å². The maximum atomic E-state index is 13.9. The predicted molar refractivity (Wildman–Crippen MR) is 183 cm³/mol. The van der Waals surface area contributed by atoms with Crippen LogP contribution in [0.2, 0.25) is 0 Å². The van der Waals surface area contributed by atoms with Gasteiger partial charge in [-0.05, 0) is 62.6 Å². The maximum Gasteiger partial charge on any atom is 0.301 e. The Labute approximate surface area is 280 Å². The topological polar surface area (TPSA) is 119 Å². The number of benzene rings is 2. The molecule has 0 radical (unpaired) electrons. The molecule has 1 N–H and O–H groups in total. The first kappa shape index (κ1) is 32.0. The molecule has 0 aliphatic carbocycles. The lowest BCUT2D eigenvalue weighted by atomic mass is 9.96. The first-order valence-corrected chi connectivity index (χ1v) is 16.8. The van der Waals surface area contributed by atoms with Gasteiger partial charge in [-0.2, -0.15) is 0 Å². The Bertz CT molecular complexity index is 2030. The normalized spacial score (nSPS) is 15.8. The fourth-order valence-electron chi connectivity index (χ4n) is 5.44. The molecule has 1 aliphatic heterocycles. The van der Waals surface area contributed by atoms with E-state index in [0.717, 1.165) is 11.1 Å². The monoisotopic (exact) mass is 667 g/mol. The van der Waals surface area contributed by atoms with E-state index in [1.807, 2.05) is 43.5 Å². The number of pyridine rings is 1. The highest BCUT2D eigenvalue weighted by Crippen LogP contribution is 2.46. The molecule has 1 unspecified atom stereocenters. The number of hydrogen-bond acceptors (Lipinski definition) is 10. The van der Waals surface area contributed by atoms with Gasteiger partial charge >= 0.3 is 5.91 Å². The Kier molecular flexibility index (Phi) is 9.15. The number of nitrogens with zero attached hydrogens (tertiary/aromatic N) is 5. The van der Waals surface area contributed by atoms with Gasteiger partial charge in [-0.25, -0.2) is 4.98 Å². The fraction of sp³-hybridized carbons (Fsp3) is 0.229. The molecule has 0 saturated carbocycles. The Morgan fingerprint density at radius 2 is 1.85 bits per heavy atom. The van der Waals surface area contributed by atoms with Gasteiger partial charge in [-0.1, -0.05) is 77.7 Å². The molecule has 5 aromatic rings. The number of ether oxygens (including phenoxy) is 2. The average Bonchev–Trinajstić information content (AvgIpc) is 3.75. The highest BCUT2D eigenvalue weighted by atomic mass is 32.2. The van der Waals surface area contributed by atoms with Gasteiger partial charge in [0.05, 0.1) is 23.9 Å². The van der Waals surface area contributed by atoms with Crippen molar-refractivity contribution >= 4 is 51.3 Å². The summed E-state index contributed by atoms with van der Waals surface area (Å²) in [6, 6.07) is 16.2. The van der Waals surface area contributed by atoms with Crippen LogP contribution in [0.4, 0.5) is 5.13 Å². The number of thioether (sulfide) groups is 1. The summed E-state index contributed by atoms with van der Waals surface area (Å²) in [6.07, 6.45) is 3.46. The summed E-state index contributed by atoms with van der Waals surface area (Å²) in [6.45, 7) is 11.9. The molecule has 0 spiro atoms. The largest absolute Gasteiger partial charge is 0.505 e. The number of amides is 1. The summed E-state index contributed by atoms with van der Waals surface area (Å²) in [7, 11) is 0. The number of Topliss-reactive ketones (excluding diaryl/α,β-unsaturated/α-hetero) is 1. The van der Waals surface area contributed by atoms with E-state index < -0.39 is 17.7 Å². The SMILES string of the molecule is C=CCOc1ccc(C2C(=C(O)c3nc4c(C)cccn4c3C)C(=O)C(=O)N2c2nnc(SCc3ccc(C)cc3)s2)cc1OCC. The third kappa shape index (κ3) is 6.13. The number of aliphatic hydroxyl groups is 1. The van der Waals surface area contributed by atoms with E-state index in [-0.39, 0.29) is 28.8 Å². The number of rotatable bonds is 11. The molecule has 3 aromatic heterocycles. The van der Waals surface area contributed by atoms with Crippen LogP contribution < -0.4 is 14.4 Å².